The minimum absolute atomic E-state index is 0.0628. The summed E-state index contributed by atoms with van der Waals surface area (Å²) in [5, 5.41) is 14.6. The molecule has 33 heavy (non-hydrogen) atoms. The minimum atomic E-state index is -0.0628. The second kappa shape index (κ2) is 9.26. The Morgan fingerprint density at radius 1 is 0.788 bits per heavy atom. The second-order valence-corrected chi connectivity index (χ2v) is 8.38. The van der Waals surface area contributed by atoms with Crippen LogP contribution in [0.3, 0.4) is 0 Å². The highest BCUT2D eigenvalue weighted by molar-refractivity contribution is 7.17. The Bertz CT molecular complexity index is 1350. The van der Waals surface area contributed by atoms with E-state index in [1.165, 1.54) is 11.3 Å². The standard InChI is InChI=1S/C26H22N4O2S/c1-31-21-15-13-18(17-22(21)32-2)14-16-23-29-30-25(27-28-26(30)33-23)24(19-9-5-3-6-10-19)20-11-7-4-8-12-20/h3-17,24H,1-2H3/b16-14+. The van der Waals surface area contributed by atoms with Crippen LogP contribution in [-0.4, -0.2) is 34.0 Å². The van der Waals surface area contributed by atoms with Crippen LogP contribution in [0.25, 0.3) is 17.1 Å². The lowest BCUT2D eigenvalue weighted by Gasteiger charge is -2.15. The number of fused-ring (bicyclic) bond motifs is 1. The predicted octanol–water partition coefficient (Wildman–Crippen LogP) is 5.55. The van der Waals surface area contributed by atoms with E-state index in [9.17, 15) is 0 Å². The molecule has 0 aliphatic heterocycles. The lowest BCUT2D eigenvalue weighted by molar-refractivity contribution is 0.355. The van der Waals surface area contributed by atoms with E-state index in [1.54, 1.807) is 14.2 Å². The fourth-order valence-corrected chi connectivity index (χ4v) is 4.55. The van der Waals surface area contributed by atoms with Gasteiger partial charge in [0.15, 0.2) is 17.3 Å². The van der Waals surface area contributed by atoms with Crippen LogP contribution in [-0.2, 0) is 0 Å². The second-order valence-electron chi connectivity index (χ2n) is 7.40. The average Bonchev–Trinajstić information content (AvgIpc) is 3.45. The highest BCUT2D eigenvalue weighted by Crippen LogP contribution is 2.32. The van der Waals surface area contributed by atoms with Crippen molar-refractivity contribution in [1.82, 2.24) is 19.8 Å². The Morgan fingerprint density at radius 3 is 2.09 bits per heavy atom. The Morgan fingerprint density at radius 2 is 1.45 bits per heavy atom. The molecule has 0 aliphatic rings. The van der Waals surface area contributed by atoms with Crippen LogP contribution in [0.1, 0.15) is 33.4 Å². The Hall–Kier alpha value is -3.97. The molecule has 0 fully saturated rings. The number of methoxy groups -OCH3 is 2. The van der Waals surface area contributed by atoms with E-state index in [1.807, 2.05) is 71.3 Å². The van der Waals surface area contributed by atoms with E-state index in [-0.39, 0.29) is 5.92 Å². The van der Waals surface area contributed by atoms with E-state index in [0.29, 0.717) is 11.5 Å². The monoisotopic (exact) mass is 454 g/mol. The maximum atomic E-state index is 5.40. The Balaban J connectivity index is 1.51. The number of nitrogens with zero attached hydrogens (tertiary/aromatic N) is 4. The number of ether oxygens (including phenoxy) is 2. The first-order chi connectivity index (χ1) is 16.3. The van der Waals surface area contributed by atoms with Gasteiger partial charge in [-0.3, -0.25) is 0 Å². The molecular formula is C26H22N4O2S. The van der Waals surface area contributed by atoms with E-state index in [4.69, 9.17) is 14.6 Å². The van der Waals surface area contributed by atoms with Gasteiger partial charge in [-0.25, -0.2) is 0 Å². The zero-order valence-electron chi connectivity index (χ0n) is 18.3. The third-order valence-corrected chi connectivity index (χ3v) is 6.24. The Kier molecular flexibility index (Phi) is 5.87. The molecule has 7 heteroatoms. The average molecular weight is 455 g/mol. The number of hydrogen-bond acceptors (Lipinski definition) is 6. The van der Waals surface area contributed by atoms with E-state index < -0.39 is 0 Å². The number of aromatic nitrogens is 4. The van der Waals surface area contributed by atoms with Gasteiger partial charge in [0.2, 0.25) is 4.96 Å². The SMILES string of the molecule is COc1ccc(/C=C/c2nn3c(C(c4ccccc4)c4ccccc4)nnc3s2)cc1OC. The molecule has 5 rings (SSSR count). The van der Waals surface area contributed by atoms with Gasteiger partial charge in [-0.15, -0.1) is 10.2 Å². The summed E-state index contributed by atoms with van der Waals surface area (Å²) in [5.41, 5.74) is 3.28. The molecule has 2 heterocycles. The fourth-order valence-electron chi connectivity index (χ4n) is 3.80. The van der Waals surface area contributed by atoms with Gasteiger partial charge < -0.3 is 9.47 Å². The number of benzene rings is 3. The Labute approximate surface area is 195 Å². The van der Waals surface area contributed by atoms with E-state index >= 15 is 0 Å². The molecule has 2 aromatic heterocycles. The van der Waals surface area contributed by atoms with Crippen LogP contribution >= 0.6 is 11.3 Å². The molecule has 5 aromatic rings. The zero-order chi connectivity index (χ0) is 22.6. The summed E-state index contributed by atoms with van der Waals surface area (Å²) in [6, 6.07) is 26.5. The van der Waals surface area contributed by atoms with E-state index in [2.05, 4.69) is 34.5 Å². The summed E-state index contributed by atoms with van der Waals surface area (Å²) in [5.74, 6) is 2.12. The summed E-state index contributed by atoms with van der Waals surface area (Å²) >= 11 is 1.50. The summed E-state index contributed by atoms with van der Waals surface area (Å²) in [6.07, 6.45) is 3.98. The first kappa shape index (κ1) is 20.9. The van der Waals surface area contributed by atoms with Crippen molar-refractivity contribution in [3.63, 3.8) is 0 Å². The molecule has 0 amide bonds. The van der Waals surface area contributed by atoms with Crippen molar-refractivity contribution in [3.8, 4) is 11.5 Å². The van der Waals surface area contributed by atoms with Gasteiger partial charge in [0, 0.05) is 0 Å². The van der Waals surface area contributed by atoms with Crippen molar-refractivity contribution in [2.75, 3.05) is 14.2 Å². The lowest BCUT2D eigenvalue weighted by Crippen LogP contribution is -2.08. The van der Waals surface area contributed by atoms with Crippen molar-refractivity contribution in [3.05, 3.63) is 106 Å². The summed E-state index contributed by atoms with van der Waals surface area (Å²) in [6.45, 7) is 0. The first-order valence-electron chi connectivity index (χ1n) is 10.5. The molecular weight excluding hydrogens is 432 g/mol. The number of rotatable bonds is 7. The normalized spacial score (nSPS) is 11.5. The predicted molar refractivity (Wildman–Crippen MR) is 131 cm³/mol. The fraction of sp³-hybridized carbons (Fsp3) is 0.115. The van der Waals surface area contributed by atoms with Crippen molar-refractivity contribution in [2.24, 2.45) is 0 Å². The lowest BCUT2D eigenvalue weighted by atomic mass is 9.91. The first-order valence-corrected chi connectivity index (χ1v) is 11.3. The zero-order valence-corrected chi connectivity index (χ0v) is 19.1. The van der Waals surface area contributed by atoms with Crippen LogP contribution in [0.4, 0.5) is 0 Å². The molecule has 0 bridgehead atoms. The highest BCUT2D eigenvalue weighted by Gasteiger charge is 2.24. The van der Waals surface area contributed by atoms with Gasteiger partial charge >= 0.3 is 0 Å². The summed E-state index contributed by atoms with van der Waals surface area (Å²) < 4.78 is 12.6. The molecule has 0 unspecified atom stereocenters. The van der Waals surface area contributed by atoms with Gasteiger partial charge in [0.1, 0.15) is 5.01 Å². The molecule has 0 radical (unpaired) electrons. The van der Waals surface area contributed by atoms with Gasteiger partial charge in [-0.2, -0.15) is 9.61 Å². The van der Waals surface area contributed by atoms with Crippen LogP contribution < -0.4 is 9.47 Å². The topological polar surface area (TPSA) is 61.5 Å². The van der Waals surface area contributed by atoms with Crippen molar-refractivity contribution in [2.45, 2.75) is 5.92 Å². The molecule has 0 saturated heterocycles. The molecule has 0 atom stereocenters. The maximum Gasteiger partial charge on any atom is 0.234 e. The van der Waals surface area contributed by atoms with Crippen LogP contribution in [0.2, 0.25) is 0 Å². The van der Waals surface area contributed by atoms with Gasteiger partial charge in [-0.05, 0) is 34.9 Å². The van der Waals surface area contributed by atoms with Crippen LogP contribution in [0.15, 0.2) is 78.9 Å². The maximum absolute atomic E-state index is 5.40. The largest absolute Gasteiger partial charge is 0.493 e. The highest BCUT2D eigenvalue weighted by atomic mass is 32.1. The van der Waals surface area contributed by atoms with Gasteiger partial charge in [0.25, 0.3) is 0 Å². The van der Waals surface area contributed by atoms with Crippen molar-refractivity contribution < 1.29 is 9.47 Å². The van der Waals surface area contributed by atoms with Gasteiger partial charge in [0.05, 0.1) is 20.1 Å². The third kappa shape index (κ3) is 4.23. The quantitative estimate of drug-likeness (QED) is 0.322. The van der Waals surface area contributed by atoms with Crippen molar-refractivity contribution in [1.29, 1.82) is 0 Å². The summed E-state index contributed by atoms with van der Waals surface area (Å²) in [4.78, 5) is 0.758. The molecule has 0 aliphatic carbocycles. The van der Waals surface area contributed by atoms with Crippen LogP contribution in [0, 0.1) is 0 Å². The van der Waals surface area contributed by atoms with Gasteiger partial charge in [-0.1, -0.05) is 84.1 Å². The van der Waals surface area contributed by atoms with E-state index in [0.717, 1.165) is 32.5 Å². The minimum Gasteiger partial charge on any atom is -0.493 e. The van der Waals surface area contributed by atoms with Crippen molar-refractivity contribution >= 4 is 28.4 Å². The molecule has 3 aromatic carbocycles. The summed E-state index contributed by atoms with van der Waals surface area (Å²) in [7, 11) is 3.26. The smallest absolute Gasteiger partial charge is 0.234 e. The molecule has 164 valence electrons. The third-order valence-electron chi connectivity index (χ3n) is 5.38. The van der Waals surface area contributed by atoms with Crippen LogP contribution in [0.5, 0.6) is 11.5 Å². The molecule has 0 N–H and O–H groups in total. The molecule has 0 spiro atoms. The molecule has 0 saturated carbocycles. The number of hydrogen-bond donors (Lipinski definition) is 0. The molecule has 6 nitrogen and oxygen atoms in total.